The maximum atomic E-state index is 10.8. The summed E-state index contributed by atoms with van der Waals surface area (Å²) in [7, 11) is 0. The van der Waals surface area contributed by atoms with Gasteiger partial charge in [0.15, 0.2) is 0 Å². The predicted molar refractivity (Wildman–Crippen MR) is 95.3 cm³/mol. The average molecular weight is 411 g/mol. The van der Waals surface area contributed by atoms with Crippen molar-refractivity contribution in [2.24, 2.45) is 5.73 Å². The largest absolute Gasteiger partial charge is 0.478 e. The van der Waals surface area contributed by atoms with E-state index in [1.54, 1.807) is 18.2 Å². The summed E-state index contributed by atoms with van der Waals surface area (Å²) in [5, 5.41) is 8.60. The van der Waals surface area contributed by atoms with Gasteiger partial charge < -0.3 is 10.8 Å². The molecule has 0 fully saturated rings. The van der Waals surface area contributed by atoms with Crippen molar-refractivity contribution in [2.75, 3.05) is 0 Å². The topological polar surface area (TPSA) is 80.4 Å². The van der Waals surface area contributed by atoms with E-state index in [4.69, 9.17) is 10.8 Å². The summed E-state index contributed by atoms with van der Waals surface area (Å²) < 4.78 is 0.988. The number of carbonyl (C=O) groups is 2. The molecule has 0 atom stereocenters. The van der Waals surface area contributed by atoms with Crippen molar-refractivity contribution >= 4 is 34.5 Å². The maximum Gasteiger partial charge on any atom is 0.335 e. The van der Waals surface area contributed by atoms with E-state index >= 15 is 0 Å². The van der Waals surface area contributed by atoms with Crippen LogP contribution in [0.1, 0.15) is 37.4 Å². The number of hydrogen-bond donors (Lipinski definition) is 2. The number of amides is 1. The smallest absolute Gasteiger partial charge is 0.335 e. The fourth-order valence-corrected chi connectivity index (χ4v) is 2.26. The second-order valence-corrected chi connectivity index (χ2v) is 6.04. The molecule has 0 saturated heterocycles. The molecule has 22 heavy (non-hydrogen) atoms. The molecule has 0 aromatic heterocycles. The number of aryl methyl sites for hydroxylation is 2. The molecule has 3 N–H and O–H groups in total. The zero-order valence-corrected chi connectivity index (χ0v) is 14.8. The molecule has 0 radical (unpaired) electrons. The number of nitrogens with two attached hydrogens (primary N) is 1. The molecule has 2 aromatic rings. The first-order valence-corrected chi connectivity index (χ1v) is 7.67. The predicted octanol–water partition coefficient (Wildman–Crippen LogP) is 3.70. The van der Waals surface area contributed by atoms with Crippen LogP contribution < -0.4 is 5.73 Å². The molecule has 0 unspecified atom stereocenters. The summed E-state index contributed by atoms with van der Waals surface area (Å²) in [5.41, 5.74) is 9.29. The van der Waals surface area contributed by atoms with E-state index in [2.05, 4.69) is 22.6 Å². The minimum absolute atomic E-state index is 0.347. The number of hydrogen-bond acceptors (Lipinski definition) is 2. The van der Waals surface area contributed by atoms with Crippen molar-refractivity contribution in [3.8, 4) is 0 Å². The van der Waals surface area contributed by atoms with Gasteiger partial charge in [0.25, 0.3) is 0 Å². The van der Waals surface area contributed by atoms with Crippen LogP contribution in [0.5, 0.6) is 0 Å². The number of carbonyl (C=O) groups excluding carboxylic acids is 1. The van der Waals surface area contributed by atoms with Crippen LogP contribution in [-0.4, -0.2) is 17.0 Å². The highest BCUT2D eigenvalue weighted by molar-refractivity contribution is 14.1. The molecule has 0 aliphatic rings. The van der Waals surface area contributed by atoms with Crippen molar-refractivity contribution in [2.45, 2.75) is 20.8 Å². The fraction of sp³-hybridized carbons (Fsp3) is 0.176. The first-order chi connectivity index (χ1) is 10.2. The van der Waals surface area contributed by atoms with Crippen molar-refractivity contribution < 1.29 is 14.7 Å². The Labute approximate surface area is 143 Å². The minimum Gasteiger partial charge on any atom is -0.478 e. The Morgan fingerprint density at radius 1 is 1.05 bits per heavy atom. The molecule has 0 aliphatic heterocycles. The van der Waals surface area contributed by atoms with Gasteiger partial charge in [-0.1, -0.05) is 18.2 Å². The van der Waals surface area contributed by atoms with Crippen molar-refractivity contribution in [1.82, 2.24) is 0 Å². The van der Waals surface area contributed by atoms with Crippen LogP contribution in [0.25, 0.3) is 0 Å². The molecule has 0 spiro atoms. The van der Waals surface area contributed by atoms with Gasteiger partial charge in [0.1, 0.15) is 0 Å². The molecule has 0 aliphatic carbocycles. The van der Waals surface area contributed by atoms with E-state index in [1.165, 1.54) is 0 Å². The lowest BCUT2D eigenvalue weighted by atomic mass is 10.0. The monoisotopic (exact) mass is 411 g/mol. The average Bonchev–Trinajstić information content (AvgIpc) is 2.45. The maximum absolute atomic E-state index is 10.8. The van der Waals surface area contributed by atoms with Gasteiger partial charge in [-0.3, -0.25) is 4.79 Å². The summed E-state index contributed by atoms with van der Waals surface area (Å²) in [5.74, 6) is -1.23. The standard InChI is InChI=1S/C9H11NO.C8H7IO2/c1-6-4-3-5-8(7(6)2)9(10)11;1-5-2-3-6(8(10)11)4-7(5)9/h3-5H,1-2H3,(H2,10,11);2-4H,1H3,(H,10,11). The summed E-state index contributed by atoms with van der Waals surface area (Å²) in [6, 6.07) is 10.6. The quantitative estimate of drug-likeness (QED) is 0.740. The van der Waals surface area contributed by atoms with E-state index in [0.717, 1.165) is 20.3 Å². The number of halogens is 1. The fourth-order valence-electron chi connectivity index (χ4n) is 1.74. The number of aromatic carboxylic acids is 1. The number of benzene rings is 2. The third-order valence-corrected chi connectivity index (χ3v) is 4.45. The Morgan fingerprint density at radius 2 is 1.68 bits per heavy atom. The molecule has 5 heteroatoms. The Kier molecular flexibility index (Phi) is 6.55. The second kappa shape index (κ2) is 7.93. The molecular weight excluding hydrogens is 393 g/mol. The van der Waals surface area contributed by atoms with Gasteiger partial charge in [0, 0.05) is 9.13 Å². The SMILES string of the molecule is Cc1ccc(C(=O)O)cc1I.Cc1cccc(C(N)=O)c1C. The van der Waals surface area contributed by atoms with Crippen LogP contribution >= 0.6 is 22.6 Å². The van der Waals surface area contributed by atoms with Gasteiger partial charge in [0.2, 0.25) is 5.91 Å². The Bertz CT molecular complexity index is 711. The third-order valence-electron chi connectivity index (χ3n) is 3.29. The molecule has 0 heterocycles. The summed E-state index contributed by atoms with van der Waals surface area (Å²) in [4.78, 5) is 21.3. The van der Waals surface area contributed by atoms with Crippen LogP contribution in [0.4, 0.5) is 0 Å². The number of carboxylic acids is 1. The molecule has 2 aromatic carbocycles. The molecule has 2 rings (SSSR count). The first-order valence-electron chi connectivity index (χ1n) is 6.59. The molecular formula is C17H18INO3. The van der Waals surface area contributed by atoms with E-state index in [-0.39, 0.29) is 5.91 Å². The summed E-state index contributed by atoms with van der Waals surface area (Å²) in [6.07, 6.45) is 0. The van der Waals surface area contributed by atoms with Gasteiger partial charge in [-0.15, -0.1) is 0 Å². The molecule has 0 bridgehead atoms. The highest BCUT2D eigenvalue weighted by Gasteiger charge is 2.04. The molecule has 1 amide bonds. The lowest BCUT2D eigenvalue weighted by molar-refractivity contribution is 0.0696. The minimum atomic E-state index is -0.872. The third kappa shape index (κ3) is 4.84. The van der Waals surface area contributed by atoms with Gasteiger partial charge in [-0.05, 0) is 78.3 Å². The first kappa shape index (κ1) is 18.2. The van der Waals surface area contributed by atoms with Crippen molar-refractivity contribution in [3.63, 3.8) is 0 Å². The van der Waals surface area contributed by atoms with Gasteiger partial charge in [0.05, 0.1) is 5.56 Å². The zero-order valence-electron chi connectivity index (χ0n) is 12.7. The van der Waals surface area contributed by atoms with Gasteiger partial charge in [-0.2, -0.15) is 0 Å². The lowest BCUT2D eigenvalue weighted by Crippen LogP contribution is -2.12. The van der Waals surface area contributed by atoms with Crippen LogP contribution in [0, 0.1) is 24.3 Å². The second-order valence-electron chi connectivity index (χ2n) is 4.88. The molecule has 4 nitrogen and oxygen atoms in total. The van der Waals surface area contributed by atoms with E-state index in [0.29, 0.717) is 11.1 Å². The summed E-state index contributed by atoms with van der Waals surface area (Å²) in [6.45, 7) is 5.81. The number of carboxylic acid groups (broad SMARTS) is 1. The number of primary amides is 1. The highest BCUT2D eigenvalue weighted by atomic mass is 127. The Hall–Kier alpha value is -1.89. The van der Waals surface area contributed by atoms with Crippen LogP contribution in [0.3, 0.4) is 0 Å². The lowest BCUT2D eigenvalue weighted by Gasteiger charge is -2.03. The molecule has 116 valence electrons. The zero-order chi connectivity index (χ0) is 16.9. The van der Waals surface area contributed by atoms with Crippen molar-refractivity contribution in [3.05, 3.63) is 67.8 Å². The molecule has 0 saturated carbocycles. The normalized spacial score (nSPS) is 9.64. The van der Waals surface area contributed by atoms with Crippen molar-refractivity contribution in [1.29, 1.82) is 0 Å². The van der Waals surface area contributed by atoms with Gasteiger partial charge >= 0.3 is 5.97 Å². The highest BCUT2D eigenvalue weighted by Crippen LogP contribution is 2.13. The van der Waals surface area contributed by atoms with E-state index < -0.39 is 5.97 Å². The Balaban J connectivity index is 0.000000220. The van der Waals surface area contributed by atoms with Crippen LogP contribution in [-0.2, 0) is 0 Å². The summed E-state index contributed by atoms with van der Waals surface area (Å²) >= 11 is 2.12. The van der Waals surface area contributed by atoms with Crippen LogP contribution in [0.2, 0.25) is 0 Å². The Morgan fingerprint density at radius 3 is 2.14 bits per heavy atom. The van der Waals surface area contributed by atoms with E-state index in [9.17, 15) is 9.59 Å². The van der Waals surface area contributed by atoms with Gasteiger partial charge in [-0.25, -0.2) is 4.79 Å². The number of rotatable bonds is 2. The van der Waals surface area contributed by atoms with Crippen LogP contribution in [0.15, 0.2) is 36.4 Å². The van der Waals surface area contributed by atoms with E-state index in [1.807, 2.05) is 39.0 Å².